The first-order valence-corrected chi connectivity index (χ1v) is 12.8. The van der Waals surface area contributed by atoms with Crippen LogP contribution in [0.2, 0.25) is 0 Å². The van der Waals surface area contributed by atoms with Crippen LogP contribution in [0.3, 0.4) is 0 Å². The van der Waals surface area contributed by atoms with Gasteiger partial charge in [0.15, 0.2) is 0 Å². The van der Waals surface area contributed by atoms with E-state index in [1.54, 1.807) is 12.1 Å². The Bertz CT molecular complexity index is 956. The Balaban J connectivity index is 1.39. The number of nitrogens with zero attached hydrogens (tertiary/aromatic N) is 3. The van der Waals surface area contributed by atoms with E-state index in [4.69, 9.17) is 0 Å². The summed E-state index contributed by atoms with van der Waals surface area (Å²) in [7, 11) is -3.64. The molecule has 2 fully saturated rings. The average Bonchev–Trinajstić information content (AvgIpc) is 3.39. The van der Waals surface area contributed by atoms with Crippen LogP contribution in [-0.4, -0.2) is 67.2 Å². The van der Waals surface area contributed by atoms with Crippen LogP contribution in [0.25, 0.3) is 0 Å². The summed E-state index contributed by atoms with van der Waals surface area (Å²) in [6.45, 7) is 4.17. The third kappa shape index (κ3) is 4.59. The molecular formula is C20H24BrN3O3S2. The monoisotopic (exact) mass is 497 g/mol. The lowest BCUT2D eigenvalue weighted by atomic mass is 10.1. The van der Waals surface area contributed by atoms with Crippen molar-refractivity contribution in [2.24, 2.45) is 0 Å². The molecular weight excluding hydrogens is 474 g/mol. The fourth-order valence-electron chi connectivity index (χ4n) is 4.01. The van der Waals surface area contributed by atoms with E-state index in [0.717, 1.165) is 29.8 Å². The number of amides is 1. The number of benzene rings is 1. The zero-order valence-corrected chi connectivity index (χ0v) is 19.3. The molecule has 0 N–H and O–H groups in total. The molecule has 0 bridgehead atoms. The molecule has 0 radical (unpaired) electrons. The number of rotatable bonds is 5. The van der Waals surface area contributed by atoms with E-state index >= 15 is 0 Å². The topological polar surface area (TPSA) is 60.9 Å². The third-order valence-corrected chi connectivity index (χ3v) is 9.53. The Morgan fingerprint density at radius 1 is 1.03 bits per heavy atom. The van der Waals surface area contributed by atoms with Gasteiger partial charge in [-0.25, -0.2) is 8.42 Å². The van der Waals surface area contributed by atoms with Gasteiger partial charge in [0.1, 0.15) is 10.3 Å². The molecule has 0 aliphatic carbocycles. The normalized spacial score (nSPS) is 21.6. The maximum absolute atomic E-state index is 13.2. The van der Waals surface area contributed by atoms with Gasteiger partial charge in [-0.3, -0.25) is 9.69 Å². The number of hydrogen-bond acceptors (Lipinski definition) is 5. The van der Waals surface area contributed by atoms with Gasteiger partial charge in [-0.1, -0.05) is 30.3 Å². The standard InChI is InChI=1S/C20H24BrN3O3S2/c21-18-8-9-19(28-18)29(26,27)24-10-4-7-17(24)20(25)23-13-11-22(12-14-23)15-16-5-2-1-3-6-16/h1-3,5-6,8-9,17H,4,7,10-15H2. The maximum atomic E-state index is 13.2. The molecule has 29 heavy (non-hydrogen) atoms. The number of carbonyl (C=O) groups is 1. The first kappa shape index (κ1) is 21.0. The van der Waals surface area contributed by atoms with E-state index < -0.39 is 16.1 Å². The summed E-state index contributed by atoms with van der Waals surface area (Å²) in [5.74, 6) is -0.0546. The molecule has 0 saturated carbocycles. The van der Waals surface area contributed by atoms with Crippen molar-refractivity contribution in [2.75, 3.05) is 32.7 Å². The highest BCUT2D eigenvalue weighted by Crippen LogP contribution is 2.33. The number of hydrogen-bond donors (Lipinski definition) is 0. The first-order chi connectivity index (χ1) is 13.9. The van der Waals surface area contributed by atoms with Gasteiger partial charge in [-0.2, -0.15) is 4.31 Å². The molecule has 2 aliphatic rings. The van der Waals surface area contributed by atoms with Gasteiger partial charge >= 0.3 is 0 Å². The quantitative estimate of drug-likeness (QED) is 0.636. The minimum absolute atomic E-state index is 0.0546. The molecule has 9 heteroatoms. The van der Waals surface area contributed by atoms with Crippen LogP contribution < -0.4 is 0 Å². The molecule has 3 heterocycles. The van der Waals surface area contributed by atoms with E-state index in [9.17, 15) is 13.2 Å². The highest BCUT2D eigenvalue weighted by atomic mass is 79.9. The van der Waals surface area contributed by atoms with Crippen molar-refractivity contribution < 1.29 is 13.2 Å². The highest BCUT2D eigenvalue weighted by molar-refractivity contribution is 9.11. The lowest BCUT2D eigenvalue weighted by Crippen LogP contribution is -2.54. The average molecular weight is 498 g/mol. The molecule has 156 valence electrons. The van der Waals surface area contributed by atoms with Gasteiger partial charge in [0.2, 0.25) is 5.91 Å². The Labute approximate surface area is 184 Å². The SMILES string of the molecule is O=C(C1CCCN1S(=O)(=O)c1ccc(Br)s1)N1CCN(Cc2ccccc2)CC1. The number of thiophene rings is 1. The van der Waals surface area contributed by atoms with Crippen molar-refractivity contribution in [3.63, 3.8) is 0 Å². The molecule has 1 aromatic heterocycles. The van der Waals surface area contributed by atoms with Crippen LogP contribution >= 0.6 is 27.3 Å². The molecule has 1 aromatic carbocycles. The molecule has 1 unspecified atom stereocenters. The van der Waals surface area contributed by atoms with Crippen LogP contribution in [-0.2, 0) is 21.4 Å². The predicted molar refractivity (Wildman–Crippen MR) is 117 cm³/mol. The van der Waals surface area contributed by atoms with E-state index in [0.29, 0.717) is 26.1 Å². The molecule has 1 amide bonds. The van der Waals surface area contributed by atoms with E-state index in [1.807, 2.05) is 23.1 Å². The summed E-state index contributed by atoms with van der Waals surface area (Å²) >= 11 is 4.51. The van der Waals surface area contributed by atoms with Crippen molar-refractivity contribution in [3.05, 3.63) is 51.8 Å². The van der Waals surface area contributed by atoms with Gasteiger partial charge in [0.25, 0.3) is 10.0 Å². The van der Waals surface area contributed by atoms with Gasteiger partial charge in [-0.15, -0.1) is 11.3 Å². The Kier molecular flexibility index (Phi) is 6.41. The van der Waals surface area contributed by atoms with E-state index in [-0.39, 0.29) is 10.1 Å². The van der Waals surface area contributed by atoms with Gasteiger partial charge in [0.05, 0.1) is 3.79 Å². The van der Waals surface area contributed by atoms with Crippen LogP contribution in [0.5, 0.6) is 0 Å². The van der Waals surface area contributed by atoms with Crippen molar-refractivity contribution in [2.45, 2.75) is 29.6 Å². The lowest BCUT2D eigenvalue weighted by molar-refractivity contribution is -0.136. The fraction of sp³-hybridized carbons (Fsp3) is 0.450. The number of halogens is 1. The number of carbonyl (C=O) groups excluding carboxylic acids is 1. The summed E-state index contributed by atoms with van der Waals surface area (Å²) < 4.78 is 28.5. The zero-order valence-electron chi connectivity index (χ0n) is 16.0. The largest absolute Gasteiger partial charge is 0.339 e. The molecule has 2 saturated heterocycles. The Hall–Kier alpha value is -1.26. The van der Waals surface area contributed by atoms with Crippen molar-refractivity contribution >= 4 is 43.2 Å². The molecule has 4 rings (SSSR count). The van der Waals surface area contributed by atoms with Crippen molar-refractivity contribution in [1.29, 1.82) is 0 Å². The van der Waals surface area contributed by atoms with E-state index in [1.165, 1.54) is 21.2 Å². The third-order valence-electron chi connectivity index (χ3n) is 5.53. The summed E-state index contributed by atoms with van der Waals surface area (Å²) in [4.78, 5) is 17.3. The summed E-state index contributed by atoms with van der Waals surface area (Å²) in [5.41, 5.74) is 1.27. The van der Waals surface area contributed by atoms with Crippen molar-refractivity contribution in [3.8, 4) is 0 Å². The summed E-state index contributed by atoms with van der Waals surface area (Å²) in [6.07, 6.45) is 1.31. The second-order valence-electron chi connectivity index (χ2n) is 7.42. The smallest absolute Gasteiger partial charge is 0.253 e. The van der Waals surface area contributed by atoms with Crippen LogP contribution in [0.4, 0.5) is 0 Å². The molecule has 1 atom stereocenters. The van der Waals surface area contributed by atoms with Gasteiger partial charge in [0, 0.05) is 39.3 Å². The fourth-order valence-corrected chi connectivity index (χ4v) is 7.80. The number of sulfonamides is 1. The second-order valence-corrected chi connectivity index (χ2v) is 12.0. The minimum Gasteiger partial charge on any atom is -0.339 e. The van der Waals surface area contributed by atoms with Crippen molar-refractivity contribution in [1.82, 2.24) is 14.1 Å². The van der Waals surface area contributed by atoms with Crippen LogP contribution in [0, 0.1) is 0 Å². The lowest BCUT2D eigenvalue weighted by Gasteiger charge is -2.37. The van der Waals surface area contributed by atoms with E-state index in [2.05, 4.69) is 33.0 Å². The second kappa shape index (κ2) is 8.85. The Morgan fingerprint density at radius 3 is 2.41 bits per heavy atom. The highest BCUT2D eigenvalue weighted by Gasteiger charge is 2.42. The zero-order chi connectivity index (χ0) is 20.4. The minimum atomic E-state index is -3.64. The maximum Gasteiger partial charge on any atom is 0.253 e. The number of piperazine rings is 1. The molecule has 0 spiro atoms. The van der Waals surface area contributed by atoms with Gasteiger partial charge in [-0.05, 0) is 46.5 Å². The molecule has 6 nitrogen and oxygen atoms in total. The van der Waals surface area contributed by atoms with Gasteiger partial charge < -0.3 is 4.90 Å². The first-order valence-electron chi connectivity index (χ1n) is 9.77. The van der Waals surface area contributed by atoms with Crippen LogP contribution in [0.1, 0.15) is 18.4 Å². The summed E-state index contributed by atoms with van der Waals surface area (Å²) in [6, 6.07) is 13.1. The predicted octanol–water partition coefficient (Wildman–Crippen LogP) is 3.01. The molecule has 2 aromatic rings. The Morgan fingerprint density at radius 2 is 1.76 bits per heavy atom. The summed E-state index contributed by atoms with van der Waals surface area (Å²) in [5, 5.41) is 0. The molecule has 2 aliphatic heterocycles. The van der Waals surface area contributed by atoms with Crippen LogP contribution in [0.15, 0.2) is 50.5 Å².